The molecule has 0 saturated carbocycles. The highest BCUT2D eigenvalue weighted by molar-refractivity contribution is 5.21. The van der Waals surface area contributed by atoms with Gasteiger partial charge >= 0.3 is 0 Å². The molecule has 2 unspecified atom stereocenters. The van der Waals surface area contributed by atoms with Gasteiger partial charge in [0.1, 0.15) is 5.82 Å². The first kappa shape index (κ1) is 11.7. The first-order valence-corrected chi connectivity index (χ1v) is 5.15. The number of nitrogens with one attached hydrogen (secondary N) is 1. The zero-order valence-electron chi connectivity index (χ0n) is 9.13. The predicted octanol–water partition coefficient (Wildman–Crippen LogP) is 2.89. The second kappa shape index (κ2) is 5.53. The lowest BCUT2D eigenvalue weighted by molar-refractivity contribution is 0.472. The van der Waals surface area contributed by atoms with E-state index in [0.29, 0.717) is 5.56 Å². The zero-order valence-corrected chi connectivity index (χ0v) is 9.13. The van der Waals surface area contributed by atoms with Gasteiger partial charge in [0.05, 0.1) is 6.04 Å². The van der Waals surface area contributed by atoms with E-state index in [-0.39, 0.29) is 17.9 Å². The van der Waals surface area contributed by atoms with Gasteiger partial charge in [-0.15, -0.1) is 6.42 Å². The highest BCUT2D eigenvalue weighted by atomic mass is 19.1. The maximum atomic E-state index is 13.5. The summed E-state index contributed by atoms with van der Waals surface area (Å²) in [6, 6.07) is 6.73. The van der Waals surface area contributed by atoms with Gasteiger partial charge in [0.15, 0.2) is 0 Å². The summed E-state index contributed by atoms with van der Waals surface area (Å²) in [5.74, 6) is 2.41. The molecule has 1 nitrogen and oxygen atoms in total. The molecule has 15 heavy (non-hydrogen) atoms. The molecule has 0 amide bonds. The van der Waals surface area contributed by atoms with Crippen molar-refractivity contribution in [3.05, 3.63) is 35.6 Å². The Labute approximate surface area is 90.7 Å². The van der Waals surface area contributed by atoms with E-state index >= 15 is 0 Å². The number of benzene rings is 1. The summed E-state index contributed by atoms with van der Waals surface area (Å²) in [7, 11) is 0. The van der Waals surface area contributed by atoms with E-state index in [2.05, 4.69) is 11.2 Å². The monoisotopic (exact) mass is 205 g/mol. The summed E-state index contributed by atoms with van der Waals surface area (Å²) in [4.78, 5) is 0. The van der Waals surface area contributed by atoms with Gasteiger partial charge in [-0.05, 0) is 19.4 Å². The van der Waals surface area contributed by atoms with E-state index in [0.717, 1.165) is 6.42 Å². The number of terminal acetylenes is 1. The highest BCUT2D eigenvalue weighted by Gasteiger charge is 2.14. The fraction of sp³-hybridized carbons (Fsp3) is 0.385. The molecule has 0 saturated heterocycles. The molecule has 0 aliphatic heterocycles. The summed E-state index contributed by atoms with van der Waals surface area (Å²) in [5, 5.41) is 3.20. The molecule has 2 atom stereocenters. The Balaban J connectivity index is 2.84. The number of hydrogen-bond donors (Lipinski definition) is 1. The molecule has 0 spiro atoms. The third-order valence-electron chi connectivity index (χ3n) is 2.39. The minimum Gasteiger partial charge on any atom is -0.297 e. The van der Waals surface area contributed by atoms with Crippen molar-refractivity contribution in [2.24, 2.45) is 0 Å². The van der Waals surface area contributed by atoms with Crippen LogP contribution in [0.3, 0.4) is 0 Å². The van der Waals surface area contributed by atoms with Crippen LogP contribution in [0.15, 0.2) is 24.3 Å². The Morgan fingerprint density at radius 3 is 2.67 bits per heavy atom. The second-order valence-electron chi connectivity index (χ2n) is 3.54. The van der Waals surface area contributed by atoms with Gasteiger partial charge in [-0.1, -0.05) is 31.0 Å². The lowest BCUT2D eigenvalue weighted by Gasteiger charge is -2.20. The standard InChI is InChI=1S/C13H16FN/c1-4-10(3)15-13(5-2)11-8-6-7-9-12(11)14/h1,6-10,13,15H,5H2,2-3H3. The molecule has 2 heteroatoms. The molecule has 1 rings (SSSR count). The van der Waals surface area contributed by atoms with Crippen LogP contribution in [0.4, 0.5) is 4.39 Å². The largest absolute Gasteiger partial charge is 0.297 e. The smallest absolute Gasteiger partial charge is 0.127 e. The Hall–Kier alpha value is -1.33. The molecule has 0 aromatic heterocycles. The molecule has 1 N–H and O–H groups in total. The van der Waals surface area contributed by atoms with Crippen LogP contribution >= 0.6 is 0 Å². The van der Waals surface area contributed by atoms with Crippen molar-refractivity contribution in [1.82, 2.24) is 5.32 Å². The summed E-state index contributed by atoms with van der Waals surface area (Å²) >= 11 is 0. The van der Waals surface area contributed by atoms with Gasteiger partial charge in [-0.3, -0.25) is 5.32 Å². The van der Waals surface area contributed by atoms with E-state index in [1.807, 2.05) is 19.9 Å². The van der Waals surface area contributed by atoms with Crippen molar-refractivity contribution in [3.63, 3.8) is 0 Å². The van der Waals surface area contributed by atoms with Crippen LogP contribution in [-0.2, 0) is 0 Å². The molecule has 0 fully saturated rings. The minimum atomic E-state index is -0.180. The zero-order chi connectivity index (χ0) is 11.3. The SMILES string of the molecule is C#CC(C)NC(CC)c1ccccc1F. The molecule has 0 aliphatic carbocycles. The second-order valence-corrected chi connectivity index (χ2v) is 3.54. The van der Waals surface area contributed by atoms with E-state index in [1.165, 1.54) is 6.07 Å². The van der Waals surface area contributed by atoms with Crippen molar-refractivity contribution in [2.45, 2.75) is 32.4 Å². The maximum Gasteiger partial charge on any atom is 0.127 e. The van der Waals surface area contributed by atoms with E-state index < -0.39 is 0 Å². The van der Waals surface area contributed by atoms with Crippen LogP contribution in [0.5, 0.6) is 0 Å². The number of halogens is 1. The van der Waals surface area contributed by atoms with Crippen molar-refractivity contribution in [1.29, 1.82) is 0 Å². The predicted molar refractivity (Wildman–Crippen MR) is 60.9 cm³/mol. The van der Waals surface area contributed by atoms with Gasteiger partial charge in [0.25, 0.3) is 0 Å². The van der Waals surface area contributed by atoms with Crippen molar-refractivity contribution >= 4 is 0 Å². The molecule has 1 aromatic carbocycles. The Morgan fingerprint density at radius 1 is 1.47 bits per heavy atom. The lowest BCUT2D eigenvalue weighted by atomic mass is 10.0. The minimum absolute atomic E-state index is 0.0164. The van der Waals surface area contributed by atoms with Crippen LogP contribution in [0.1, 0.15) is 31.9 Å². The van der Waals surface area contributed by atoms with Crippen molar-refractivity contribution in [2.75, 3.05) is 0 Å². The first-order valence-electron chi connectivity index (χ1n) is 5.15. The Kier molecular flexibility index (Phi) is 4.33. The normalized spacial score (nSPS) is 14.3. The van der Waals surface area contributed by atoms with Crippen LogP contribution < -0.4 is 5.32 Å². The summed E-state index contributed by atoms with van der Waals surface area (Å²) < 4.78 is 13.5. The molecular formula is C13H16FN. The van der Waals surface area contributed by atoms with Crippen molar-refractivity contribution in [3.8, 4) is 12.3 Å². The molecule has 80 valence electrons. The summed E-state index contributed by atoms with van der Waals surface area (Å²) in [5.41, 5.74) is 0.683. The van der Waals surface area contributed by atoms with Crippen molar-refractivity contribution < 1.29 is 4.39 Å². The molecular weight excluding hydrogens is 189 g/mol. The summed E-state index contributed by atoms with van der Waals surface area (Å²) in [6.07, 6.45) is 6.10. The number of hydrogen-bond acceptors (Lipinski definition) is 1. The third kappa shape index (κ3) is 3.07. The quantitative estimate of drug-likeness (QED) is 0.745. The van der Waals surface area contributed by atoms with Crippen LogP contribution in [0.2, 0.25) is 0 Å². The third-order valence-corrected chi connectivity index (χ3v) is 2.39. The van der Waals surface area contributed by atoms with E-state index in [9.17, 15) is 4.39 Å². The topological polar surface area (TPSA) is 12.0 Å². The molecule has 0 radical (unpaired) electrons. The average molecular weight is 205 g/mol. The first-order chi connectivity index (χ1) is 7.19. The van der Waals surface area contributed by atoms with Crippen LogP contribution in [0.25, 0.3) is 0 Å². The molecule has 1 aromatic rings. The van der Waals surface area contributed by atoms with Crippen LogP contribution in [-0.4, -0.2) is 6.04 Å². The van der Waals surface area contributed by atoms with Gasteiger partial charge < -0.3 is 0 Å². The van der Waals surface area contributed by atoms with Gasteiger partial charge in [0, 0.05) is 11.6 Å². The average Bonchev–Trinajstić information content (AvgIpc) is 2.26. The van der Waals surface area contributed by atoms with Gasteiger partial charge in [0.2, 0.25) is 0 Å². The Bertz CT molecular complexity index is 354. The molecule has 0 heterocycles. The van der Waals surface area contributed by atoms with Gasteiger partial charge in [-0.25, -0.2) is 4.39 Å². The number of rotatable bonds is 4. The summed E-state index contributed by atoms with van der Waals surface area (Å²) in [6.45, 7) is 3.90. The van der Waals surface area contributed by atoms with Crippen LogP contribution in [0, 0.1) is 18.2 Å². The molecule has 0 bridgehead atoms. The lowest BCUT2D eigenvalue weighted by Crippen LogP contribution is -2.29. The fourth-order valence-corrected chi connectivity index (χ4v) is 1.54. The highest BCUT2D eigenvalue weighted by Crippen LogP contribution is 2.19. The van der Waals surface area contributed by atoms with E-state index in [4.69, 9.17) is 6.42 Å². The fourth-order valence-electron chi connectivity index (χ4n) is 1.54. The van der Waals surface area contributed by atoms with E-state index in [1.54, 1.807) is 12.1 Å². The van der Waals surface area contributed by atoms with Gasteiger partial charge in [-0.2, -0.15) is 0 Å². The maximum absolute atomic E-state index is 13.5. The Morgan fingerprint density at radius 2 is 2.13 bits per heavy atom. The molecule has 0 aliphatic rings.